The standard InChI is InChI=1S/C43H59NO15/c1-21(2)16-26(44-37(52)59-38(6,7)8)31(48)35(51)56-27-18-43(53)39(9)19-42(43,58-34(50)25-14-12-11-13-15-25)36-40(10,33(49)32(55-23(4)45)30(39)22(27)3)28(47)17-29-41(36,20-54-29)57-24(5)46/h11-15,21,26-29,31-33,36,47-49,53H,16-20H2,1-10H3,(H,44,52)/t26-,27-,28-,29+,31+,32-,33-,36-,39+,40-,41-,42+,43-/m0/s1. The highest BCUT2D eigenvalue weighted by Gasteiger charge is 2.89. The van der Waals surface area contributed by atoms with Crippen LogP contribution < -0.4 is 5.32 Å². The zero-order valence-electron chi connectivity index (χ0n) is 35.4. The number of benzene rings is 1. The zero-order chi connectivity index (χ0) is 43.8. The molecule has 6 rings (SSSR count). The lowest BCUT2D eigenvalue weighted by molar-refractivity contribution is -0.420. The fourth-order valence-corrected chi connectivity index (χ4v) is 11.1. The Balaban J connectivity index is 1.53. The predicted octanol–water partition coefficient (Wildman–Crippen LogP) is 3.05. The van der Waals surface area contributed by atoms with E-state index in [0.717, 1.165) is 6.92 Å². The molecular formula is C43H59NO15. The van der Waals surface area contributed by atoms with Crippen LogP contribution in [0.4, 0.5) is 4.79 Å². The fraction of sp³-hybridized carbons (Fsp3) is 0.698. The first-order valence-electron chi connectivity index (χ1n) is 20.2. The lowest BCUT2D eigenvalue weighted by Gasteiger charge is -2.78. The Morgan fingerprint density at radius 3 is 2.17 bits per heavy atom. The SMILES string of the molecule is CC(=O)O[C@H]1C2=C(C)[C@@H](OC(=O)[C@H](O)[C@H](CC(C)C)NC(=O)OC(C)(C)C)C[C@]3(O)[C@]2(C)C[C@@]3(OC(=O)c2ccccc2)[C@@H]2[C@]3(OC(C)=O)CO[C@@H]3C[C@H](O)[C@@]2(C)[C@H]1O. The Labute approximate surface area is 343 Å². The summed E-state index contributed by atoms with van der Waals surface area (Å²) in [6.07, 6.45) is -10.6. The summed E-state index contributed by atoms with van der Waals surface area (Å²) in [6.45, 7) is 15.5. The number of amides is 1. The summed E-state index contributed by atoms with van der Waals surface area (Å²) in [4.78, 5) is 67.2. The molecule has 5 aliphatic rings. The Morgan fingerprint density at radius 2 is 1.63 bits per heavy atom. The number of ether oxygens (including phenoxy) is 6. The van der Waals surface area contributed by atoms with Crippen LogP contribution in [0.25, 0.3) is 0 Å². The van der Waals surface area contributed by atoms with Gasteiger partial charge in [0.05, 0.1) is 30.2 Å². The van der Waals surface area contributed by atoms with Gasteiger partial charge in [-0.25, -0.2) is 14.4 Å². The van der Waals surface area contributed by atoms with Gasteiger partial charge in [-0.2, -0.15) is 0 Å². The summed E-state index contributed by atoms with van der Waals surface area (Å²) in [7, 11) is 0. The van der Waals surface area contributed by atoms with E-state index >= 15 is 0 Å². The first kappa shape index (κ1) is 44.5. The number of carbonyl (C=O) groups is 5. The van der Waals surface area contributed by atoms with Crippen LogP contribution >= 0.6 is 0 Å². The molecular weight excluding hydrogens is 770 g/mol. The summed E-state index contributed by atoms with van der Waals surface area (Å²) < 4.78 is 36.0. The van der Waals surface area contributed by atoms with Crippen molar-refractivity contribution in [3.05, 3.63) is 47.0 Å². The summed E-state index contributed by atoms with van der Waals surface area (Å²) in [6, 6.07) is 6.82. The van der Waals surface area contributed by atoms with E-state index in [1.807, 2.05) is 13.8 Å². The number of aliphatic hydroxyl groups excluding tert-OH is 3. The second-order valence-electron chi connectivity index (χ2n) is 18.9. The highest BCUT2D eigenvalue weighted by Crippen LogP contribution is 2.77. The van der Waals surface area contributed by atoms with Crippen molar-refractivity contribution in [3.63, 3.8) is 0 Å². The van der Waals surface area contributed by atoms with Crippen LogP contribution in [0.5, 0.6) is 0 Å². The van der Waals surface area contributed by atoms with E-state index in [-0.39, 0.29) is 48.5 Å². The van der Waals surface area contributed by atoms with Crippen LogP contribution in [0, 0.1) is 22.7 Å². The highest BCUT2D eigenvalue weighted by atomic mass is 16.6. The molecule has 1 aromatic rings. The molecule has 326 valence electrons. The predicted molar refractivity (Wildman–Crippen MR) is 206 cm³/mol. The van der Waals surface area contributed by atoms with Gasteiger partial charge in [-0.05, 0) is 63.3 Å². The average molecular weight is 830 g/mol. The van der Waals surface area contributed by atoms with Crippen LogP contribution in [0.15, 0.2) is 41.5 Å². The minimum atomic E-state index is -2.25. The molecule has 0 unspecified atom stereocenters. The second-order valence-corrected chi connectivity index (χ2v) is 18.9. The fourth-order valence-electron chi connectivity index (χ4n) is 11.1. The van der Waals surface area contributed by atoms with E-state index in [9.17, 15) is 44.4 Å². The van der Waals surface area contributed by atoms with Gasteiger partial charge in [0, 0.05) is 43.9 Å². The molecule has 13 atom stereocenters. The number of alkyl carbamates (subject to hydrolysis) is 1. The third-order valence-corrected chi connectivity index (χ3v) is 13.4. The van der Waals surface area contributed by atoms with Gasteiger partial charge in [0.15, 0.2) is 23.4 Å². The molecule has 0 radical (unpaired) electrons. The Kier molecular flexibility index (Phi) is 11.4. The van der Waals surface area contributed by atoms with Crippen molar-refractivity contribution in [3.8, 4) is 0 Å². The molecule has 1 heterocycles. The minimum Gasteiger partial charge on any atom is -0.456 e. The average Bonchev–Trinajstić information content (AvgIpc) is 3.11. The number of fused-ring (bicyclic) bond motifs is 4. The molecule has 5 N–H and O–H groups in total. The lowest BCUT2D eigenvalue weighted by Crippen LogP contribution is -2.91. The number of hydrogen-bond donors (Lipinski definition) is 5. The minimum absolute atomic E-state index is 0.107. The van der Waals surface area contributed by atoms with Gasteiger partial charge in [0.1, 0.15) is 29.5 Å². The van der Waals surface area contributed by atoms with E-state index in [1.165, 1.54) is 26.0 Å². The maximum Gasteiger partial charge on any atom is 0.407 e. The molecule has 4 bridgehead atoms. The molecule has 1 aliphatic heterocycles. The summed E-state index contributed by atoms with van der Waals surface area (Å²) in [5, 5.41) is 52.6. The van der Waals surface area contributed by atoms with E-state index in [1.54, 1.807) is 52.8 Å². The molecule has 1 saturated heterocycles. The topological polar surface area (TPSA) is 234 Å². The third kappa shape index (κ3) is 7.01. The molecule has 16 nitrogen and oxygen atoms in total. The van der Waals surface area contributed by atoms with Crippen molar-refractivity contribution < 1.29 is 72.8 Å². The summed E-state index contributed by atoms with van der Waals surface area (Å²) in [5.41, 5.74) is -9.64. The molecule has 0 spiro atoms. The number of esters is 4. The van der Waals surface area contributed by atoms with Crippen molar-refractivity contribution in [2.75, 3.05) is 6.61 Å². The van der Waals surface area contributed by atoms with Gasteiger partial charge < -0.3 is 54.2 Å². The maximum atomic E-state index is 14.3. The number of rotatable bonds is 10. The number of aliphatic hydroxyl groups is 4. The molecule has 1 amide bonds. The van der Waals surface area contributed by atoms with Gasteiger partial charge in [-0.15, -0.1) is 0 Å². The first-order chi connectivity index (χ1) is 27.3. The third-order valence-electron chi connectivity index (χ3n) is 13.4. The van der Waals surface area contributed by atoms with Crippen molar-refractivity contribution >= 4 is 30.0 Å². The van der Waals surface area contributed by atoms with E-state index in [2.05, 4.69) is 5.32 Å². The van der Waals surface area contributed by atoms with Crippen LogP contribution in [-0.2, 0) is 42.8 Å². The number of nitrogens with one attached hydrogen (secondary N) is 1. The van der Waals surface area contributed by atoms with Gasteiger partial charge in [0.2, 0.25) is 0 Å². The smallest absolute Gasteiger partial charge is 0.407 e. The van der Waals surface area contributed by atoms with Crippen molar-refractivity contribution in [2.24, 2.45) is 22.7 Å². The number of carbonyl (C=O) groups excluding carboxylic acids is 5. The van der Waals surface area contributed by atoms with Gasteiger partial charge in [0.25, 0.3) is 0 Å². The number of hydrogen-bond acceptors (Lipinski definition) is 15. The van der Waals surface area contributed by atoms with Crippen LogP contribution in [-0.4, -0.2) is 122 Å². The van der Waals surface area contributed by atoms with Crippen molar-refractivity contribution in [2.45, 2.75) is 160 Å². The monoisotopic (exact) mass is 829 g/mol. The second kappa shape index (κ2) is 15.1. The van der Waals surface area contributed by atoms with Gasteiger partial charge >= 0.3 is 30.0 Å². The quantitative estimate of drug-likeness (QED) is 0.130. The summed E-state index contributed by atoms with van der Waals surface area (Å²) in [5.74, 6) is -5.11. The van der Waals surface area contributed by atoms with Crippen LogP contribution in [0.2, 0.25) is 0 Å². The largest absolute Gasteiger partial charge is 0.456 e. The van der Waals surface area contributed by atoms with Crippen LogP contribution in [0.3, 0.4) is 0 Å². The lowest BCUT2D eigenvalue weighted by atomic mass is 9.31. The molecule has 59 heavy (non-hydrogen) atoms. The van der Waals surface area contributed by atoms with E-state index < -0.39 is 118 Å². The molecule has 16 heteroatoms. The highest BCUT2D eigenvalue weighted by molar-refractivity contribution is 5.90. The Morgan fingerprint density at radius 1 is 0.983 bits per heavy atom. The van der Waals surface area contributed by atoms with E-state index in [4.69, 9.17) is 28.4 Å². The van der Waals surface area contributed by atoms with Gasteiger partial charge in [-0.1, -0.05) is 45.9 Å². The van der Waals surface area contributed by atoms with Crippen molar-refractivity contribution in [1.29, 1.82) is 0 Å². The van der Waals surface area contributed by atoms with Crippen molar-refractivity contribution in [1.82, 2.24) is 5.32 Å². The molecule has 4 aliphatic carbocycles. The molecule has 3 saturated carbocycles. The van der Waals surface area contributed by atoms with E-state index in [0.29, 0.717) is 0 Å². The molecule has 1 aromatic carbocycles. The van der Waals surface area contributed by atoms with Crippen LogP contribution in [0.1, 0.15) is 105 Å². The maximum absolute atomic E-state index is 14.3. The Hall–Kier alpha value is -4.09. The molecule has 4 fully saturated rings. The van der Waals surface area contributed by atoms with Gasteiger partial charge in [-0.3, -0.25) is 9.59 Å². The molecule has 0 aromatic heterocycles. The zero-order valence-corrected chi connectivity index (χ0v) is 35.4. The normalized spacial score (nSPS) is 38.0. The summed E-state index contributed by atoms with van der Waals surface area (Å²) >= 11 is 0. The Bertz CT molecular complexity index is 1890. The first-order valence-corrected chi connectivity index (χ1v) is 20.2.